The lowest BCUT2D eigenvalue weighted by atomic mass is 10.1. The lowest BCUT2D eigenvalue weighted by Crippen LogP contribution is -2.50. The van der Waals surface area contributed by atoms with Gasteiger partial charge in [-0.15, -0.1) is 12.4 Å². The first-order valence-corrected chi connectivity index (χ1v) is 7.60. The molecule has 128 valence electrons. The van der Waals surface area contributed by atoms with Gasteiger partial charge in [-0.3, -0.25) is 9.59 Å². The normalized spacial score (nSPS) is 14.2. The highest BCUT2D eigenvalue weighted by Crippen LogP contribution is 2.14. The third-order valence-corrected chi connectivity index (χ3v) is 3.98. The highest BCUT2D eigenvalue weighted by molar-refractivity contribution is 5.95. The number of carbonyl (C=O) groups is 2. The summed E-state index contributed by atoms with van der Waals surface area (Å²) >= 11 is 0. The summed E-state index contributed by atoms with van der Waals surface area (Å²) in [5.41, 5.74) is 6.67. The molecule has 2 aromatic rings. The standard InChI is InChI=1S/C17H19N3O3.ClH/c18-11-15-10-14(12-23-15)17(22)20-8-6-19(7-9-20)16(21)13-4-2-1-3-5-13;/h1-5,10,12H,6-9,11,18H2;1H. The molecule has 0 bridgehead atoms. The van der Waals surface area contributed by atoms with Crippen molar-refractivity contribution in [2.45, 2.75) is 6.54 Å². The summed E-state index contributed by atoms with van der Waals surface area (Å²) in [5.74, 6) is 0.512. The average molecular weight is 350 g/mol. The Labute approximate surface area is 146 Å². The van der Waals surface area contributed by atoms with Gasteiger partial charge in [0.05, 0.1) is 12.1 Å². The Morgan fingerprint density at radius 3 is 2.00 bits per heavy atom. The molecule has 6 nitrogen and oxygen atoms in total. The first-order valence-electron chi connectivity index (χ1n) is 7.60. The molecule has 1 saturated heterocycles. The number of carbonyl (C=O) groups excluding carboxylic acids is 2. The Bertz CT molecular complexity index is 694. The van der Waals surface area contributed by atoms with Crippen LogP contribution in [0.3, 0.4) is 0 Å². The molecule has 0 spiro atoms. The van der Waals surface area contributed by atoms with Crippen molar-refractivity contribution in [2.24, 2.45) is 5.73 Å². The van der Waals surface area contributed by atoms with Crippen molar-refractivity contribution in [3.05, 3.63) is 59.5 Å². The summed E-state index contributed by atoms with van der Waals surface area (Å²) in [6.45, 7) is 2.36. The Kier molecular flexibility index (Phi) is 6.00. The maximum absolute atomic E-state index is 12.4. The molecule has 0 atom stereocenters. The molecule has 2 heterocycles. The zero-order chi connectivity index (χ0) is 16.2. The molecule has 1 aliphatic heterocycles. The number of piperazine rings is 1. The zero-order valence-electron chi connectivity index (χ0n) is 13.2. The molecule has 0 aliphatic carbocycles. The van der Waals surface area contributed by atoms with Gasteiger partial charge in [0, 0.05) is 31.7 Å². The van der Waals surface area contributed by atoms with Gasteiger partial charge in [-0.1, -0.05) is 18.2 Å². The Morgan fingerprint density at radius 2 is 1.50 bits per heavy atom. The summed E-state index contributed by atoms with van der Waals surface area (Å²) in [5, 5.41) is 0. The molecular formula is C17H20ClN3O3. The predicted molar refractivity (Wildman–Crippen MR) is 92.1 cm³/mol. The van der Waals surface area contributed by atoms with Gasteiger partial charge in [0.2, 0.25) is 0 Å². The van der Waals surface area contributed by atoms with Crippen LogP contribution in [0.1, 0.15) is 26.5 Å². The fourth-order valence-corrected chi connectivity index (χ4v) is 2.66. The lowest BCUT2D eigenvalue weighted by molar-refractivity contribution is 0.0535. The monoisotopic (exact) mass is 349 g/mol. The van der Waals surface area contributed by atoms with Crippen LogP contribution >= 0.6 is 12.4 Å². The third-order valence-electron chi connectivity index (χ3n) is 3.98. The minimum absolute atomic E-state index is 0. The average Bonchev–Trinajstić information content (AvgIpc) is 3.10. The minimum Gasteiger partial charge on any atom is -0.467 e. The molecular weight excluding hydrogens is 330 g/mol. The first-order chi connectivity index (χ1) is 11.2. The summed E-state index contributed by atoms with van der Waals surface area (Å²) in [7, 11) is 0. The van der Waals surface area contributed by atoms with E-state index >= 15 is 0 Å². The van der Waals surface area contributed by atoms with Crippen molar-refractivity contribution in [3.63, 3.8) is 0 Å². The van der Waals surface area contributed by atoms with E-state index in [4.69, 9.17) is 10.2 Å². The van der Waals surface area contributed by atoms with Crippen molar-refractivity contribution in [1.29, 1.82) is 0 Å². The summed E-state index contributed by atoms with van der Waals surface area (Å²) in [4.78, 5) is 28.3. The second-order valence-corrected chi connectivity index (χ2v) is 5.46. The van der Waals surface area contributed by atoms with Crippen LogP contribution in [0.2, 0.25) is 0 Å². The van der Waals surface area contributed by atoms with Crippen LogP contribution in [-0.2, 0) is 6.54 Å². The van der Waals surface area contributed by atoms with E-state index < -0.39 is 0 Å². The van der Waals surface area contributed by atoms with E-state index in [-0.39, 0.29) is 30.8 Å². The van der Waals surface area contributed by atoms with Crippen molar-refractivity contribution < 1.29 is 14.0 Å². The molecule has 0 radical (unpaired) electrons. The lowest BCUT2D eigenvalue weighted by Gasteiger charge is -2.34. The molecule has 3 rings (SSSR count). The largest absolute Gasteiger partial charge is 0.467 e. The van der Waals surface area contributed by atoms with Crippen LogP contribution in [0.4, 0.5) is 0 Å². The van der Waals surface area contributed by atoms with Gasteiger partial charge in [0.1, 0.15) is 12.0 Å². The highest BCUT2D eigenvalue weighted by Gasteiger charge is 2.26. The van der Waals surface area contributed by atoms with Crippen LogP contribution in [0, 0.1) is 0 Å². The number of hydrogen-bond donors (Lipinski definition) is 1. The second kappa shape index (κ2) is 7.99. The van der Waals surface area contributed by atoms with E-state index in [1.54, 1.807) is 28.0 Å². The molecule has 7 heteroatoms. The van der Waals surface area contributed by atoms with Crippen molar-refractivity contribution in [3.8, 4) is 0 Å². The van der Waals surface area contributed by atoms with Gasteiger partial charge in [-0.05, 0) is 18.2 Å². The van der Waals surface area contributed by atoms with Crippen LogP contribution in [0.15, 0.2) is 47.1 Å². The van der Waals surface area contributed by atoms with Gasteiger partial charge < -0.3 is 20.0 Å². The molecule has 2 N–H and O–H groups in total. The molecule has 1 aromatic carbocycles. The number of furan rings is 1. The smallest absolute Gasteiger partial charge is 0.257 e. The highest BCUT2D eigenvalue weighted by atomic mass is 35.5. The maximum Gasteiger partial charge on any atom is 0.257 e. The molecule has 2 amide bonds. The Morgan fingerprint density at radius 1 is 0.958 bits per heavy atom. The number of halogens is 1. The number of nitrogens with zero attached hydrogens (tertiary/aromatic N) is 2. The van der Waals surface area contributed by atoms with E-state index in [2.05, 4.69) is 0 Å². The maximum atomic E-state index is 12.4. The van der Waals surface area contributed by atoms with Crippen molar-refractivity contribution in [2.75, 3.05) is 26.2 Å². The molecule has 0 unspecified atom stereocenters. The number of amides is 2. The number of benzene rings is 1. The van der Waals surface area contributed by atoms with Crippen LogP contribution in [0.25, 0.3) is 0 Å². The van der Waals surface area contributed by atoms with Gasteiger partial charge in [0.25, 0.3) is 11.8 Å². The molecule has 24 heavy (non-hydrogen) atoms. The summed E-state index contributed by atoms with van der Waals surface area (Å²) < 4.78 is 5.21. The van der Waals surface area contributed by atoms with E-state index in [1.807, 2.05) is 18.2 Å². The van der Waals surface area contributed by atoms with E-state index in [1.165, 1.54) is 6.26 Å². The minimum atomic E-state index is -0.0831. The zero-order valence-corrected chi connectivity index (χ0v) is 14.0. The van der Waals surface area contributed by atoms with E-state index in [0.717, 1.165) is 0 Å². The topological polar surface area (TPSA) is 79.8 Å². The molecule has 1 fully saturated rings. The molecule has 1 aromatic heterocycles. The number of rotatable bonds is 3. The van der Waals surface area contributed by atoms with Crippen LogP contribution in [-0.4, -0.2) is 47.8 Å². The van der Waals surface area contributed by atoms with Crippen molar-refractivity contribution in [1.82, 2.24) is 9.80 Å². The van der Waals surface area contributed by atoms with Gasteiger partial charge in [-0.25, -0.2) is 0 Å². The number of nitrogens with two attached hydrogens (primary N) is 1. The second-order valence-electron chi connectivity index (χ2n) is 5.46. The first kappa shape index (κ1) is 18.0. The van der Waals surface area contributed by atoms with Gasteiger partial charge in [-0.2, -0.15) is 0 Å². The van der Waals surface area contributed by atoms with Crippen LogP contribution < -0.4 is 5.73 Å². The Balaban J connectivity index is 0.00000208. The van der Waals surface area contributed by atoms with E-state index in [9.17, 15) is 9.59 Å². The summed E-state index contributed by atoms with van der Waals surface area (Å²) in [6.07, 6.45) is 1.44. The quantitative estimate of drug-likeness (QED) is 0.915. The number of hydrogen-bond acceptors (Lipinski definition) is 4. The third kappa shape index (κ3) is 3.77. The Hall–Kier alpha value is -2.31. The summed E-state index contributed by atoms with van der Waals surface area (Å²) in [6, 6.07) is 10.9. The van der Waals surface area contributed by atoms with E-state index in [0.29, 0.717) is 43.1 Å². The SMILES string of the molecule is Cl.NCc1cc(C(=O)N2CCN(C(=O)c3ccccc3)CC2)co1. The fourth-order valence-electron chi connectivity index (χ4n) is 2.66. The molecule has 0 saturated carbocycles. The van der Waals surface area contributed by atoms with Gasteiger partial charge in [0.15, 0.2) is 0 Å². The molecule has 1 aliphatic rings. The van der Waals surface area contributed by atoms with Crippen LogP contribution in [0.5, 0.6) is 0 Å². The predicted octanol–water partition coefficient (Wildman–Crippen LogP) is 1.76. The fraction of sp³-hybridized carbons (Fsp3) is 0.294. The van der Waals surface area contributed by atoms with Gasteiger partial charge >= 0.3 is 0 Å². The van der Waals surface area contributed by atoms with Crippen molar-refractivity contribution >= 4 is 24.2 Å².